The molecule has 1 aliphatic heterocycles. The Balaban J connectivity index is 1.69. The van der Waals surface area contributed by atoms with E-state index in [1.165, 1.54) is 19.3 Å². The molecule has 0 bridgehead atoms. The molecule has 1 aromatic rings. The van der Waals surface area contributed by atoms with Gasteiger partial charge in [-0.05, 0) is 26.2 Å². The molecule has 0 amide bonds. The smallest absolute Gasteiger partial charge is 0.110 e. The Labute approximate surface area is 130 Å². The molecule has 1 saturated heterocycles. The minimum absolute atomic E-state index is 0.337. The van der Waals surface area contributed by atoms with Crippen LogP contribution in [-0.2, 0) is 5.88 Å². The Hall–Kier alpha value is -0.160. The molecule has 3 atom stereocenters. The minimum Gasteiger partial charge on any atom is -0.390 e. The van der Waals surface area contributed by atoms with E-state index in [2.05, 4.69) is 22.2 Å². The summed E-state index contributed by atoms with van der Waals surface area (Å²) < 4.78 is 0. The number of likely N-dealkylation sites (tertiary alicyclic amines) is 1. The van der Waals surface area contributed by atoms with Gasteiger partial charge in [-0.25, -0.2) is 4.98 Å². The standard InChI is InChI=1S/C15H23ClN2OS/c1-11(14-17-13(8-16)10-20-14)18-7-6-15(19)5-3-2-4-12(15)9-18/h10-12,19H,2-9H2,1H3. The van der Waals surface area contributed by atoms with Crippen molar-refractivity contribution in [1.82, 2.24) is 9.88 Å². The number of thiazole rings is 1. The first-order chi connectivity index (χ1) is 9.62. The molecule has 0 radical (unpaired) electrons. The van der Waals surface area contributed by atoms with Crippen molar-refractivity contribution in [1.29, 1.82) is 0 Å². The maximum Gasteiger partial charge on any atom is 0.110 e. The van der Waals surface area contributed by atoms with Crippen LogP contribution < -0.4 is 0 Å². The number of hydrogen-bond acceptors (Lipinski definition) is 4. The van der Waals surface area contributed by atoms with Crippen molar-refractivity contribution in [3.63, 3.8) is 0 Å². The van der Waals surface area contributed by atoms with E-state index in [-0.39, 0.29) is 0 Å². The molecule has 1 N–H and O–H groups in total. The average Bonchev–Trinajstić information content (AvgIpc) is 2.94. The zero-order valence-corrected chi connectivity index (χ0v) is 13.6. The van der Waals surface area contributed by atoms with Gasteiger partial charge >= 0.3 is 0 Å². The van der Waals surface area contributed by atoms with Crippen molar-refractivity contribution < 1.29 is 5.11 Å². The Morgan fingerprint density at radius 3 is 3.15 bits per heavy atom. The van der Waals surface area contributed by atoms with Gasteiger partial charge in [-0.2, -0.15) is 0 Å². The van der Waals surface area contributed by atoms with Gasteiger partial charge in [-0.1, -0.05) is 12.8 Å². The van der Waals surface area contributed by atoms with E-state index in [1.54, 1.807) is 11.3 Å². The number of alkyl halides is 1. The summed E-state index contributed by atoms with van der Waals surface area (Å²) in [5.41, 5.74) is 0.586. The van der Waals surface area contributed by atoms with Gasteiger partial charge in [0.1, 0.15) is 5.01 Å². The van der Waals surface area contributed by atoms with Gasteiger partial charge in [-0.3, -0.25) is 4.90 Å². The van der Waals surface area contributed by atoms with E-state index in [0.717, 1.165) is 36.6 Å². The summed E-state index contributed by atoms with van der Waals surface area (Å²) in [6.45, 7) is 4.21. The van der Waals surface area contributed by atoms with Crippen LogP contribution in [0.5, 0.6) is 0 Å². The maximum absolute atomic E-state index is 10.7. The molecule has 1 aliphatic carbocycles. The molecular formula is C15H23ClN2OS. The normalized spacial score (nSPS) is 32.9. The second-order valence-corrected chi connectivity index (χ2v) is 7.43. The summed E-state index contributed by atoms with van der Waals surface area (Å²) >= 11 is 7.54. The van der Waals surface area contributed by atoms with Crippen LogP contribution in [0.15, 0.2) is 5.38 Å². The number of nitrogens with zero attached hydrogens (tertiary/aromatic N) is 2. The molecule has 2 aliphatic rings. The Morgan fingerprint density at radius 2 is 2.40 bits per heavy atom. The fourth-order valence-corrected chi connectivity index (χ4v) is 4.82. The van der Waals surface area contributed by atoms with E-state index < -0.39 is 5.60 Å². The topological polar surface area (TPSA) is 36.4 Å². The lowest BCUT2D eigenvalue weighted by Crippen LogP contribution is -2.53. The highest BCUT2D eigenvalue weighted by Crippen LogP contribution is 2.41. The molecule has 3 unspecified atom stereocenters. The molecule has 1 aromatic heterocycles. The monoisotopic (exact) mass is 314 g/mol. The summed E-state index contributed by atoms with van der Waals surface area (Å²) in [4.78, 5) is 7.10. The van der Waals surface area contributed by atoms with Crippen LogP contribution in [0.1, 0.15) is 55.8 Å². The second kappa shape index (κ2) is 5.91. The number of aromatic nitrogens is 1. The van der Waals surface area contributed by atoms with Gasteiger partial charge in [0.25, 0.3) is 0 Å². The molecule has 3 rings (SSSR count). The number of rotatable bonds is 3. The highest BCUT2D eigenvalue weighted by Gasteiger charge is 2.43. The molecule has 5 heteroatoms. The molecule has 2 fully saturated rings. The lowest BCUT2D eigenvalue weighted by Gasteiger charge is -2.48. The lowest BCUT2D eigenvalue weighted by molar-refractivity contribution is -0.102. The van der Waals surface area contributed by atoms with Crippen LogP contribution in [0, 0.1) is 5.92 Å². The third-order valence-corrected chi connectivity index (χ3v) is 6.41. The SMILES string of the molecule is CC(c1nc(CCl)cs1)N1CCC2(O)CCCCC2C1. The molecule has 20 heavy (non-hydrogen) atoms. The minimum atomic E-state index is -0.390. The van der Waals surface area contributed by atoms with Crippen LogP contribution in [-0.4, -0.2) is 33.7 Å². The highest BCUT2D eigenvalue weighted by molar-refractivity contribution is 7.09. The Bertz CT molecular complexity index is 466. The van der Waals surface area contributed by atoms with Crippen LogP contribution in [0.3, 0.4) is 0 Å². The highest BCUT2D eigenvalue weighted by atomic mass is 35.5. The quantitative estimate of drug-likeness (QED) is 0.866. The van der Waals surface area contributed by atoms with Crippen LogP contribution >= 0.6 is 22.9 Å². The fraction of sp³-hybridized carbons (Fsp3) is 0.800. The molecule has 0 spiro atoms. The average molecular weight is 315 g/mol. The third-order valence-electron chi connectivity index (χ3n) is 5.07. The Kier molecular flexibility index (Phi) is 4.37. The number of aliphatic hydroxyl groups is 1. The predicted octanol–water partition coefficient (Wildman–Crippen LogP) is 3.57. The maximum atomic E-state index is 10.7. The summed E-state index contributed by atoms with van der Waals surface area (Å²) in [6, 6.07) is 0.337. The van der Waals surface area contributed by atoms with Crippen molar-refractivity contribution in [3.8, 4) is 0 Å². The summed E-state index contributed by atoms with van der Waals surface area (Å²) in [5.74, 6) is 0.936. The van der Waals surface area contributed by atoms with Gasteiger partial charge in [0.2, 0.25) is 0 Å². The molecular weight excluding hydrogens is 292 g/mol. The van der Waals surface area contributed by atoms with E-state index in [1.807, 2.05) is 0 Å². The number of fused-ring (bicyclic) bond motifs is 1. The van der Waals surface area contributed by atoms with Gasteiger partial charge in [0, 0.05) is 24.4 Å². The predicted molar refractivity (Wildman–Crippen MR) is 83.2 cm³/mol. The zero-order valence-electron chi connectivity index (χ0n) is 12.0. The summed E-state index contributed by atoms with van der Waals surface area (Å²) in [5, 5.41) is 14.0. The van der Waals surface area contributed by atoms with Crippen molar-refractivity contribution in [2.75, 3.05) is 13.1 Å². The summed E-state index contributed by atoms with van der Waals surface area (Å²) in [7, 11) is 0. The van der Waals surface area contributed by atoms with Crippen molar-refractivity contribution >= 4 is 22.9 Å². The van der Waals surface area contributed by atoms with Gasteiger partial charge in [-0.15, -0.1) is 22.9 Å². The van der Waals surface area contributed by atoms with E-state index >= 15 is 0 Å². The van der Waals surface area contributed by atoms with Gasteiger partial charge in [0.05, 0.1) is 23.2 Å². The Morgan fingerprint density at radius 1 is 1.55 bits per heavy atom. The number of piperidine rings is 1. The second-order valence-electron chi connectivity index (χ2n) is 6.28. The number of halogens is 1. The first kappa shape index (κ1) is 14.8. The molecule has 1 saturated carbocycles. The van der Waals surface area contributed by atoms with Crippen molar-refractivity contribution in [2.45, 2.75) is 56.6 Å². The zero-order chi connectivity index (χ0) is 14.2. The van der Waals surface area contributed by atoms with E-state index in [0.29, 0.717) is 17.8 Å². The van der Waals surface area contributed by atoms with E-state index in [9.17, 15) is 5.11 Å². The first-order valence-electron chi connectivity index (χ1n) is 7.59. The molecule has 3 nitrogen and oxygen atoms in total. The molecule has 112 valence electrons. The fourth-order valence-electron chi connectivity index (χ4n) is 3.68. The van der Waals surface area contributed by atoms with Gasteiger partial charge < -0.3 is 5.11 Å². The van der Waals surface area contributed by atoms with Crippen LogP contribution in [0.4, 0.5) is 0 Å². The molecule has 0 aromatic carbocycles. The van der Waals surface area contributed by atoms with Crippen molar-refractivity contribution in [2.24, 2.45) is 5.92 Å². The van der Waals surface area contributed by atoms with E-state index in [4.69, 9.17) is 11.6 Å². The third kappa shape index (κ3) is 2.76. The number of hydrogen-bond donors (Lipinski definition) is 1. The van der Waals surface area contributed by atoms with Crippen LogP contribution in [0.2, 0.25) is 0 Å². The first-order valence-corrected chi connectivity index (χ1v) is 9.00. The van der Waals surface area contributed by atoms with Crippen molar-refractivity contribution in [3.05, 3.63) is 16.1 Å². The molecule has 2 heterocycles. The largest absolute Gasteiger partial charge is 0.390 e. The summed E-state index contributed by atoms with van der Waals surface area (Å²) in [6.07, 6.45) is 5.53. The van der Waals surface area contributed by atoms with Gasteiger partial charge in [0.15, 0.2) is 0 Å². The van der Waals surface area contributed by atoms with Crippen LogP contribution in [0.25, 0.3) is 0 Å². The lowest BCUT2D eigenvalue weighted by atomic mass is 9.71.